The van der Waals surface area contributed by atoms with Crippen LogP contribution in [0.3, 0.4) is 0 Å². The summed E-state index contributed by atoms with van der Waals surface area (Å²) in [5.74, 6) is -0.328. The van der Waals surface area contributed by atoms with Gasteiger partial charge in [0.05, 0.1) is 12.2 Å². The van der Waals surface area contributed by atoms with Gasteiger partial charge in [-0.2, -0.15) is 0 Å². The highest BCUT2D eigenvalue weighted by atomic mass is 19.1. The third-order valence-electron chi connectivity index (χ3n) is 4.81. The molecule has 0 unspecified atom stereocenters. The normalized spacial score (nSPS) is 20.9. The van der Waals surface area contributed by atoms with Crippen molar-refractivity contribution >= 4 is 5.91 Å². The summed E-state index contributed by atoms with van der Waals surface area (Å²) in [6.45, 7) is 0.630. The van der Waals surface area contributed by atoms with E-state index in [0.717, 1.165) is 0 Å². The van der Waals surface area contributed by atoms with E-state index in [4.69, 9.17) is 10.5 Å². The number of nitrogens with two attached hydrogens (primary N) is 1. The molecule has 1 spiro atoms. The van der Waals surface area contributed by atoms with Gasteiger partial charge in [-0.25, -0.2) is 4.39 Å². The lowest BCUT2D eigenvalue weighted by atomic mass is 9.80. The van der Waals surface area contributed by atoms with Crippen molar-refractivity contribution in [2.45, 2.75) is 38.5 Å². The number of carbonyl (C=O) groups excluding carboxylic acids is 1. The Balaban J connectivity index is 1.53. The Bertz CT molecular complexity index is 515. The minimum atomic E-state index is -0.754. The summed E-state index contributed by atoms with van der Waals surface area (Å²) < 4.78 is 19.3. The summed E-state index contributed by atoms with van der Waals surface area (Å²) in [5.41, 5.74) is 5.66. The Morgan fingerprint density at radius 1 is 1.30 bits per heavy atom. The van der Waals surface area contributed by atoms with Gasteiger partial charge in [-0.15, -0.1) is 0 Å². The molecule has 0 bridgehead atoms. The van der Waals surface area contributed by atoms with Crippen LogP contribution in [0, 0.1) is 17.2 Å². The number of amides is 1. The molecule has 2 saturated carbocycles. The maximum atomic E-state index is 13.6. The van der Waals surface area contributed by atoms with Gasteiger partial charge in [0, 0.05) is 6.07 Å². The Kier molecular flexibility index (Phi) is 3.40. The third kappa shape index (κ3) is 2.79. The summed E-state index contributed by atoms with van der Waals surface area (Å²) in [5, 5.41) is 0. The SMILES string of the molecule is NC(=O)c1ccc(OCC2CCC3(CC2)CC3)cc1F. The van der Waals surface area contributed by atoms with Crippen LogP contribution < -0.4 is 10.5 Å². The zero-order valence-corrected chi connectivity index (χ0v) is 11.5. The highest BCUT2D eigenvalue weighted by molar-refractivity contribution is 5.93. The maximum absolute atomic E-state index is 13.6. The molecule has 0 atom stereocenters. The fraction of sp³-hybridized carbons (Fsp3) is 0.562. The van der Waals surface area contributed by atoms with Crippen LogP contribution >= 0.6 is 0 Å². The van der Waals surface area contributed by atoms with Gasteiger partial charge in [0.15, 0.2) is 0 Å². The van der Waals surface area contributed by atoms with Crippen molar-refractivity contribution in [3.63, 3.8) is 0 Å². The van der Waals surface area contributed by atoms with Crippen LogP contribution in [0.15, 0.2) is 18.2 Å². The van der Waals surface area contributed by atoms with Crippen LogP contribution in [-0.2, 0) is 0 Å². The minimum Gasteiger partial charge on any atom is -0.493 e. The molecule has 0 radical (unpaired) electrons. The molecular formula is C16H20FNO2. The molecule has 3 nitrogen and oxygen atoms in total. The van der Waals surface area contributed by atoms with E-state index in [1.54, 1.807) is 6.07 Å². The van der Waals surface area contributed by atoms with Crippen molar-refractivity contribution in [1.82, 2.24) is 0 Å². The second kappa shape index (κ2) is 5.08. The number of carbonyl (C=O) groups is 1. The minimum absolute atomic E-state index is 0.0920. The summed E-state index contributed by atoms with van der Waals surface area (Å²) >= 11 is 0. The molecule has 0 aromatic heterocycles. The number of ether oxygens (including phenoxy) is 1. The molecule has 2 fully saturated rings. The molecule has 2 aliphatic rings. The summed E-state index contributed by atoms with van der Waals surface area (Å²) in [4.78, 5) is 10.9. The molecular weight excluding hydrogens is 257 g/mol. The fourth-order valence-electron chi connectivity index (χ4n) is 3.13. The summed E-state index contributed by atoms with van der Waals surface area (Å²) in [6.07, 6.45) is 7.86. The Morgan fingerprint density at radius 2 is 2.00 bits per heavy atom. The van der Waals surface area contributed by atoms with Gasteiger partial charge in [-0.05, 0) is 62.0 Å². The van der Waals surface area contributed by atoms with Crippen molar-refractivity contribution in [1.29, 1.82) is 0 Å². The number of halogens is 1. The van der Waals surface area contributed by atoms with Gasteiger partial charge in [0.25, 0.3) is 5.91 Å². The fourth-order valence-corrected chi connectivity index (χ4v) is 3.13. The van der Waals surface area contributed by atoms with Crippen LogP contribution in [0.25, 0.3) is 0 Å². The third-order valence-corrected chi connectivity index (χ3v) is 4.81. The van der Waals surface area contributed by atoms with Crippen molar-refractivity contribution in [2.75, 3.05) is 6.61 Å². The zero-order chi connectivity index (χ0) is 14.2. The molecule has 1 aromatic carbocycles. The number of primary amides is 1. The van der Waals surface area contributed by atoms with E-state index in [1.807, 2.05) is 0 Å². The van der Waals surface area contributed by atoms with Crippen LogP contribution in [0.4, 0.5) is 4.39 Å². The maximum Gasteiger partial charge on any atom is 0.251 e. The van der Waals surface area contributed by atoms with E-state index in [0.29, 0.717) is 23.7 Å². The number of benzene rings is 1. The Morgan fingerprint density at radius 3 is 2.55 bits per heavy atom. The lowest BCUT2D eigenvalue weighted by Gasteiger charge is -2.28. The van der Waals surface area contributed by atoms with Crippen molar-refractivity contribution in [3.05, 3.63) is 29.6 Å². The molecule has 4 heteroatoms. The first-order valence-electron chi connectivity index (χ1n) is 7.30. The molecule has 1 amide bonds. The second-order valence-corrected chi connectivity index (χ2v) is 6.26. The van der Waals surface area contributed by atoms with Gasteiger partial charge in [-0.1, -0.05) is 0 Å². The molecule has 2 aliphatic carbocycles. The predicted molar refractivity (Wildman–Crippen MR) is 74.0 cm³/mol. The Labute approximate surface area is 118 Å². The first kappa shape index (κ1) is 13.4. The topological polar surface area (TPSA) is 52.3 Å². The molecule has 0 aliphatic heterocycles. The van der Waals surface area contributed by atoms with Crippen LogP contribution in [0.5, 0.6) is 5.75 Å². The van der Waals surface area contributed by atoms with E-state index >= 15 is 0 Å². The van der Waals surface area contributed by atoms with E-state index < -0.39 is 11.7 Å². The van der Waals surface area contributed by atoms with Gasteiger partial charge >= 0.3 is 0 Å². The van der Waals surface area contributed by atoms with Gasteiger partial charge in [-0.3, -0.25) is 4.79 Å². The molecule has 2 N–H and O–H groups in total. The quantitative estimate of drug-likeness (QED) is 0.918. The van der Waals surface area contributed by atoms with Crippen LogP contribution in [0.2, 0.25) is 0 Å². The monoisotopic (exact) mass is 277 g/mol. The lowest BCUT2D eigenvalue weighted by Crippen LogP contribution is -2.20. The van der Waals surface area contributed by atoms with Crippen LogP contribution in [-0.4, -0.2) is 12.5 Å². The van der Waals surface area contributed by atoms with Crippen LogP contribution in [0.1, 0.15) is 48.9 Å². The first-order chi connectivity index (χ1) is 9.58. The molecule has 20 heavy (non-hydrogen) atoms. The predicted octanol–water partition coefficient (Wildman–Crippen LogP) is 3.27. The average Bonchev–Trinajstić information content (AvgIpc) is 3.17. The Hall–Kier alpha value is -1.58. The van der Waals surface area contributed by atoms with Gasteiger partial charge < -0.3 is 10.5 Å². The number of hydrogen-bond acceptors (Lipinski definition) is 2. The molecule has 3 rings (SSSR count). The van der Waals surface area contributed by atoms with Gasteiger partial charge in [0.1, 0.15) is 11.6 Å². The van der Waals surface area contributed by atoms with Crippen molar-refractivity contribution in [2.24, 2.45) is 17.1 Å². The number of hydrogen-bond donors (Lipinski definition) is 1. The van der Waals surface area contributed by atoms with E-state index in [9.17, 15) is 9.18 Å². The van der Waals surface area contributed by atoms with E-state index in [1.165, 1.54) is 50.7 Å². The number of rotatable bonds is 4. The van der Waals surface area contributed by atoms with Crippen molar-refractivity contribution in [3.8, 4) is 5.75 Å². The molecule has 0 heterocycles. The standard InChI is InChI=1S/C16H20FNO2/c17-14-9-12(1-2-13(14)15(18)19)20-10-11-3-5-16(6-4-11)7-8-16/h1-2,9,11H,3-8,10H2,(H2,18,19). The first-order valence-corrected chi connectivity index (χ1v) is 7.30. The summed E-state index contributed by atoms with van der Waals surface area (Å²) in [6, 6.07) is 4.23. The smallest absolute Gasteiger partial charge is 0.251 e. The lowest BCUT2D eigenvalue weighted by molar-refractivity contribution is 0.0996. The second-order valence-electron chi connectivity index (χ2n) is 6.26. The molecule has 108 valence electrons. The zero-order valence-electron chi connectivity index (χ0n) is 11.5. The highest BCUT2D eigenvalue weighted by Crippen LogP contribution is 2.57. The van der Waals surface area contributed by atoms with E-state index in [2.05, 4.69) is 0 Å². The molecule has 1 aromatic rings. The molecule has 0 saturated heterocycles. The van der Waals surface area contributed by atoms with Gasteiger partial charge in [0.2, 0.25) is 0 Å². The average molecular weight is 277 g/mol. The summed E-state index contributed by atoms with van der Waals surface area (Å²) in [7, 11) is 0. The van der Waals surface area contributed by atoms with Crippen molar-refractivity contribution < 1.29 is 13.9 Å². The highest BCUT2D eigenvalue weighted by Gasteiger charge is 2.44. The van der Waals surface area contributed by atoms with E-state index in [-0.39, 0.29) is 5.56 Å². The largest absolute Gasteiger partial charge is 0.493 e.